The molecule has 160 valence electrons. The van der Waals surface area contributed by atoms with Crippen molar-refractivity contribution < 1.29 is 23.8 Å². The predicted molar refractivity (Wildman–Crippen MR) is 119 cm³/mol. The molecule has 6 nitrogen and oxygen atoms in total. The van der Waals surface area contributed by atoms with Gasteiger partial charge in [-0.1, -0.05) is 43.0 Å². The molecule has 0 aliphatic heterocycles. The number of esters is 2. The van der Waals surface area contributed by atoms with Crippen LogP contribution in [0.5, 0.6) is 11.5 Å². The second kappa shape index (κ2) is 11.1. The van der Waals surface area contributed by atoms with E-state index in [2.05, 4.69) is 12.6 Å². The van der Waals surface area contributed by atoms with Gasteiger partial charge < -0.3 is 14.2 Å². The standard InChI is InChI=1S/C26H21NO5/c1-2-25(28)31-18-30-23-12-5-19(6-13-23)7-16-26(29)32-24-14-10-22(11-15-24)21-8-3-20(17-27)4-9-21/h2-6,8-15H,1,7,16,18H2. The second-order valence-corrected chi connectivity index (χ2v) is 6.76. The van der Waals surface area contributed by atoms with Crippen LogP contribution in [0.2, 0.25) is 0 Å². The highest BCUT2D eigenvalue weighted by atomic mass is 16.7. The first-order chi connectivity index (χ1) is 15.6. The number of benzene rings is 3. The Labute approximate surface area is 186 Å². The SMILES string of the molecule is C=CC(=O)OCOc1ccc(CCC(=O)Oc2ccc(-c3ccc(C#N)cc3)cc2)cc1. The molecule has 0 unspecified atom stereocenters. The first-order valence-corrected chi connectivity index (χ1v) is 9.89. The molecule has 3 aromatic carbocycles. The molecule has 0 saturated heterocycles. The van der Waals surface area contributed by atoms with Gasteiger partial charge in [0.25, 0.3) is 0 Å². The molecule has 0 spiro atoms. The van der Waals surface area contributed by atoms with E-state index < -0.39 is 5.97 Å². The highest BCUT2D eigenvalue weighted by Crippen LogP contribution is 2.23. The number of hydrogen-bond acceptors (Lipinski definition) is 6. The number of carbonyl (C=O) groups is 2. The number of rotatable bonds is 9. The third-order valence-electron chi connectivity index (χ3n) is 4.57. The fourth-order valence-electron chi connectivity index (χ4n) is 2.85. The molecule has 0 amide bonds. The molecule has 0 radical (unpaired) electrons. The summed E-state index contributed by atoms with van der Waals surface area (Å²) in [6.07, 6.45) is 1.82. The third-order valence-corrected chi connectivity index (χ3v) is 4.57. The summed E-state index contributed by atoms with van der Waals surface area (Å²) >= 11 is 0. The molecule has 0 aliphatic rings. The van der Waals surface area contributed by atoms with Crippen molar-refractivity contribution >= 4 is 11.9 Å². The summed E-state index contributed by atoms with van der Waals surface area (Å²) in [5.74, 6) is 0.151. The maximum absolute atomic E-state index is 12.2. The van der Waals surface area contributed by atoms with Gasteiger partial charge >= 0.3 is 11.9 Å². The van der Waals surface area contributed by atoms with Crippen LogP contribution in [0.15, 0.2) is 85.5 Å². The molecule has 0 atom stereocenters. The minimum atomic E-state index is -0.552. The van der Waals surface area contributed by atoms with Crippen molar-refractivity contribution in [2.45, 2.75) is 12.8 Å². The zero-order valence-electron chi connectivity index (χ0n) is 17.3. The Morgan fingerprint density at radius 2 is 1.47 bits per heavy atom. The number of ether oxygens (including phenoxy) is 3. The van der Waals surface area contributed by atoms with Crippen LogP contribution in [0.4, 0.5) is 0 Å². The van der Waals surface area contributed by atoms with Crippen LogP contribution in [0.3, 0.4) is 0 Å². The summed E-state index contributed by atoms with van der Waals surface area (Å²) in [6, 6.07) is 23.8. The quantitative estimate of drug-likeness (QED) is 0.210. The topological polar surface area (TPSA) is 85.6 Å². The smallest absolute Gasteiger partial charge is 0.333 e. The van der Waals surface area contributed by atoms with Crippen molar-refractivity contribution in [3.63, 3.8) is 0 Å². The van der Waals surface area contributed by atoms with Crippen LogP contribution in [0.25, 0.3) is 11.1 Å². The van der Waals surface area contributed by atoms with E-state index in [-0.39, 0.29) is 19.2 Å². The van der Waals surface area contributed by atoms with E-state index in [9.17, 15) is 9.59 Å². The summed E-state index contributed by atoms with van der Waals surface area (Å²) in [4.78, 5) is 23.1. The van der Waals surface area contributed by atoms with E-state index in [0.717, 1.165) is 22.8 Å². The first-order valence-electron chi connectivity index (χ1n) is 9.89. The van der Waals surface area contributed by atoms with Gasteiger partial charge in [0.1, 0.15) is 11.5 Å². The minimum Gasteiger partial charge on any atom is -0.457 e. The maximum atomic E-state index is 12.2. The van der Waals surface area contributed by atoms with Crippen molar-refractivity contribution in [1.29, 1.82) is 5.26 Å². The van der Waals surface area contributed by atoms with Crippen LogP contribution < -0.4 is 9.47 Å². The van der Waals surface area contributed by atoms with Crippen LogP contribution in [-0.4, -0.2) is 18.7 Å². The predicted octanol–water partition coefficient (Wildman–Crippen LogP) is 4.83. The van der Waals surface area contributed by atoms with E-state index in [0.29, 0.717) is 23.5 Å². The van der Waals surface area contributed by atoms with Gasteiger partial charge in [-0.2, -0.15) is 5.26 Å². The fourth-order valence-corrected chi connectivity index (χ4v) is 2.85. The second-order valence-electron chi connectivity index (χ2n) is 6.76. The molecule has 0 fully saturated rings. The molecule has 32 heavy (non-hydrogen) atoms. The van der Waals surface area contributed by atoms with Crippen molar-refractivity contribution in [2.75, 3.05) is 6.79 Å². The Morgan fingerprint density at radius 3 is 2.06 bits per heavy atom. The van der Waals surface area contributed by atoms with E-state index >= 15 is 0 Å². The average Bonchev–Trinajstić information content (AvgIpc) is 2.84. The summed E-state index contributed by atoms with van der Waals surface area (Å²) < 4.78 is 15.5. The lowest BCUT2D eigenvalue weighted by molar-refractivity contribution is -0.144. The van der Waals surface area contributed by atoms with Gasteiger partial charge in [0.15, 0.2) is 0 Å². The number of hydrogen-bond donors (Lipinski definition) is 0. The summed E-state index contributed by atoms with van der Waals surface area (Å²) in [5, 5.41) is 8.88. The van der Waals surface area contributed by atoms with Crippen LogP contribution >= 0.6 is 0 Å². The van der Waals surface area contributed by atoms with Gasteiger partial charge in [0.05, 0.1) is 11.6 Å². The zero-order valence-corrected chi connectivity index (χ0v) is 17.3. The Hall–Kier alpha value is -4.37. The van der Waals surface area contributed by atoms with Crippen molar-refractivity contribution in [1.82, 2.24) is 0 Å². The fraction of sp³-hybridized carbons (Fsp3) is 0.115. The Bertz CT molecular complexity index is 1110. The molecular formula is C26H21NO5. The zero-order chi connectivity index (χ0) is 22.8. The largest absolute Gasteiger partial charge is 0.457 e. The lowest BCUT2D eigenvalue weighted by Gasteiger charge is -2.08. The molecule has 0 heterocycles. The molecule has 6 heteroatoms. The van der Waals surface area contributed by atoms with E-state index in [1.54, 1.807) is 36.4 Å². The van der Waals surface area contributed by atoms with Crippen molar-refractivity contribution in [3.05, 3.63) is 96.6 Å². The van der Waals surface area contributed by atoms with Crippen LogP contribution in [-0.2, 0) is 20.7 Å². The van der Waals surface area contributed by atoms with Gasteiger partial charge in [0, 0.05) is 12.5 Å². The van der Waals surface area contributed by atoms with Crippen LogP contribution in [0, 0.1) is 11.3 Å². The van der Waals surface area contributed by atoms with E-state index in [4.69, 9.17) is 19.5 Å². The Balaban J connectivity index is 1.45. The number of nitriles is 1. The summed E-state index contributed by atoms with van der Waals surface area (Å²) in [7, 11) is 0. The molecular weight excluding hydrogens is 406 g/mol. The van der Waals surface area contributed by atoms with E-state index in [1.807, 2.05) is 36.4 Å². The summed E-state index contributed by atoms with van der Waals surface area (Å²) in [5.41, 5.74) is 3.51. The molecule has 3 aromatic rings. The van der Waals surface area contributed by atoms with E-state index in [1.165, 1.54) is 0 Å². The first kappa shape index (κ1) is 22.3. The number of carbonyl (C=O) groups excluding carboxylic acids is 2. The molecule has 0 N–H and O–H groups in total. The van der Waals surface area contributed by atoms with Crippen LogP contribution in [0.1, 0.15) is 17.5 Å². The summed E-state index contributed by atoms with van der Waals surface area (Å²) in [6.45, 7) is 3.11. The highest BCUT2D eigenvalue weighted by molar-refractivity contribution is 5.81. The molecule has 0 saturated carbocycles. The monoisotopic (exact) mass is 427 g/mol. The van der Waals surface area contributed by atoms with Crippen molar-refractivity contribution in [2.24, 2.45) is 0 Å². The Morgan fingerprint density at radius 1 is 0.875 bits per heavy atom. The minimum absolute atomic E-state index is 0.194. The third kappa shape index (κ3) is 6.57. The molecule has 0 aromatic heterocycles. The van der Waals surface area contributed by atoms with Gasteiger partial charge in [0.2, 0.25) is 6.79 Å². The maximum Gasteiger partial charge on any atom is 0.333 e. The molecule has 3 rings (SSSR count). The molecule has 0 bridgehead atoms. The number of aryl methyl sites for hydroxylation is 1. The average molecular weight is 427 g/mol. The Kier molecular flexibility index (Phi) is 7.77. The normalized spacial score (nSPS) is 9.97. The van der Waals surface area contributed by atoms with Gasteiger partial charge in [-0.3, -0.25) is 4.79 Å². The van der Waals surface area contributed by atoms with Gasteiger partial charge in [-0.15, -0.1) is 0 Å². The number of nitrogens with zero attached hydrogens (tertiary/aromatic N) is 1. The highest BCUT2D eigenvalue weighted by Gasteiger charge is 2.07. The van der Waals surface area contributed by atoms with Gasteiger partial charge in [-0.25, -0.2) is 4.79 Å². The van der Waals surface area contributed by atoms with Gasteiger partial charge in [-0.05, 0) is 59.5 Å². The molecule has 0 aliphatic carbocycles. The lowest BCUT2D eigenvalue weighted by atomic mass is 10.0. The van der Waals surface area contributed by atoms with Crippen molar-refractivity contribution in [3.8, 4) is 28.7 Å². The lowest BCUT2D eigenvalue weighted by Crippen LogP contribution is -2.09.